The van der Waals surface area contributed by atoms with Gasteiger partial charge in [0.1, 0.15) is 5.60 Å². The molecule has 7 nitrogen and oxygen atoms in total. The van der Waals surface area contributed by atoms with Crippen LogP contribution in [0.5, 0.6) is 0 Å². The predicted octanol–water partition coefficient (Wildman–Crippen LogP) is 3.19. The molecule has 4 rings (SSSR count). The van der Waals surface area contributed by atoms with E-state index >= 15 is 0 Å². The van der Waals surface area contributed by atoms with Crippen LogP contribution in [-0.2, 0) is 4.74 Å². The van der Waals surface area contributed by atoms with Crippen LogP contribution in [0.3, 0.4) is 0 Å². The molecule has 1 N–H and O–H groups in total. The average Bonchev–Trinajstić information content (AvgIpc) is 3.02. The minimum atomic E-state index is -0.435. The van der Waals surface area contributed by atoms with Gasteiger partial charge in [-0.2, -0.15) is 0 Å². The highest BCUT2D eigenvalue weighted by atomic mass is 16.6. The van der Waals surface area contributed by atoms with Crippen LogP contribution in [0, 0.1) is 0 Å². The molecule has 4 aliphatic rings. The Hall–Kier alpha value is -1.50. The fourth-order valence-corrected chi connectivity index (χ4v) is 5.70. The van der Waals surface area contributed by atoms with Crippen LogP contribution in [-0.4, -0.2) is 82.8 Å². The summed E-state index contributed by atoms with van der Waals surface area (Å²) in [7, 11) is 0. The van der Waals surface area contributed by atoms with E-state index in [-0.39, 0.29) is 12.1 Å². The Morgan fingerprint density at radius 2 is 1.55 bits per heavy atom. The molecule has 29 heavy (non-hydrogen) atoms. The monoisotopic (exact) mass is 406 g/mol. The number of hydrogen-bond acceptors (Lipinski definition) is 4. The zero-order valence-electron chi connectivity index (χ0n) is 18.4. The Morgan fingerprint density at radius 3 is 2.21 bits per heavy atom. The minimum absolute atomic E-state index is 0.172. The second kappa shape index (κ2) is 8.32. The summed E-state index contributed by atoms with van der Waals surface area (Å²) >= 11 is 0. The third kappa shape index (κ3) is 4.65. The largest absolute Gasteiger partial charge is 0.444 e. The molecule has 3 aliphatic heterocycles. The summed E-state index contributed by atoms with van der Waals surface area (Å²) in [6.07, 6.45) is 8.78. The Morgan fingerprint density at radius 1 is 0.931 bits per heavy atom. The van der Waals surface area contributed by atoms with Gasteiger partial charge in [-0.25, -0.2) is 9.59 Å². The molecular weight excluding hydrogens is 368 g/mol. The molecular formula is C22H38N4O3. The number of piperidine rings is 2. The Balaban J connectivity index is 1.24. The van der Waals surface area contributed by atoms with Gasteiger partial charge in [0.15, 0.2) is 0 Å². The lowest BCUT2D eigenvalue weighted by molar-refractivity contribution is 0.0104. The van der Waals surface area contributed by atoms with Crippen molar-refractivity contribution in [2.45, 2.75) is 102 Å². The van der Waals surface area contributed by atoms with Gasteiger partial charge in [-0.15, -0.1) is 0 Å². The van der Waals surface area contributed by atoms with E-state index < -0.39 is 5.60 Å². The molecule has 4 fully saturated rings. The van der Waals surface area contributed by atoms with Crippen LogP contribution in [0.15, 0.2) is 0 Å². The first kappa shape index (κ1) is 20.8. The van der Waals surface area contributed by atoms with Crippen molar-refractivity contribution in [3.8, 4) is 0 Å². The van der Waals surface area contributed by atoms with Crippen molar-refractivity contribution < 1.29 is 14.3 Å². The lowest BCUT2D eigenvalue weighted by atomic mass is 9.89. The van der Waals surface area contributed by atoms with Gasteiger partial charge < -0.3 is 24.8 Å². The van der Waals surface area contributed by atoms with Crippen LogP contribution < -0.4 is 5.32 Å². The zero-order chi connectivity index (χ0) is 20.6. The smallest absolute Gasteiger partial charge is 0.410 e. The predicted molar refractivity (Wildman–Crippen MR) is 112 cm³/mol. The first-order valence-corrected chi connectivity index (χ1v) is 11.6. The lowest BCUT2D eigenvalue weighted by Gasteiger charge is -2.44. The van der Waals surface area contributed by atoms with E-state index in [0.717, 1.165) is 64.7 Å². The molecule has 3 saturated heterocycles. The molecule has 3 amide bonds. The van der Waals surface area contributed by atoms with Gasteiger partial charge in [-0.3, -0.25) is 0 Å². The highest BCUT2D eigenvalue weighted by molar-refractivity contribution is 5.78. The van der Waals surface area contributed by atoms with Crippen molar-refractivity contribution in [3.05, 3.63) is 0 Å². The van der Waals surface area contributed by atoms with E-state index in [1.54, 1.807) is 0 Å². The van der Waals surface area contributed by atoms with Crippen molar-refractivity contribution in [2.24, 2.45) is 0 Å². The van der Waals surface area contributed by atoms with E-state index in [1.165, 1.54) is 12.8 Å². The number of carbonyl (C=O) groups is 2. The molecule has 0 spiro atoms. The van der Waals surface area contributed by atoms with Gasteiger partial charge in [0.2, 0.25) is 0 Å². The highest BCUT2D eigenvalue weighted by Gasteiger charge is 2.44. The fraction of sp³-hybridized carbons (Fsp3) is 0.909. The van der Waals surface area contributed by atoms with Crippen LogP contribution in [0.4, 0.5) is 9.59 Å². The van der Waals surface area contributed by atoms with Crippen LogP contribution >= 0.6 is 0 Å². The summed E-state index contributed by atoms with van der Waals surface area (Å²) in [5, 5.41) is 3.23. The van der Waals surface area contributed by atoms with E-state index in [1.807, 2.05) is 25.7 Å². The van der Waals surface area contributed by atoms with Crippen molar-refractivity contribution >= 4 is 12.1 Å². The molecule has 0 aromatic carbocycles. The highest BCUT2D eigenvalue weighted by Crippen LogP contribution is 2.33. The second-order valence-electron chi connectivity index (χ2n) is 10.3. The van der Waals surface area contributed by atoms with Crippen molar-refractivity contribution in [3.63, 3.8) is 0 Å². The molecule has 2 atom stereocenters. The Kier molecular flexibility index (Phi) is 5.96. The van der Waals surface area contributed by atoms with Gasteiger partial charge in [0, 0.05) is 38.3 Å². The number of carbonyl (C=O) groups excluding carboxylic acids is 2. The SMILES string of the molecule is CC(C)(C)OC(=O)N1CCC(N2CCC(N3C(=O)NC4CCCC[C@@H]43)CC2)CC1. The molecule has 0 radical (unpaired) electrons. The maximum Gasteiger partial charge on any atom is 0.410 e. The van der Waals surface area contributed by atoms with E-state index in [4.69, 9.17) is 4.74 Å². The summed E-state index contributed by atoms with van der Waals surface area (Å²) in [5.41, 5.74) is -0.435. The Bertz CT molecular complexity index is 604. The molecule has 0 aromatic heterocycles. The van der Waals surface area contributed by atoms with Gasteiger partial charge in [-0.1, -0.05) is 12.8 Å². The van der Waals surface area contributed by atoms with E-state index in [9.17, 15) is 9.59 Å². The standard InChI is InChI=1S/C22H38N4O3/c1-22(2,3)29-21(28)25-14-8-16(9-15-25)24-12-10-17(11-13-24)26-19-7-5-4-6-18(19)23-20(26)27/h16-19H,4-15H2,1-3H3,(H,23,27)/t18?,19-/m0/s1. The van der Waals surface area contributed by atoms with E-state index in [2.05, 4.69) is 15.1 Å². The number of fused-ring (bicyclic) bond motifs is 1. The first-order chi connectivity index (χ1) is 13.8. The maximum absolute atomic E-state index is 12.6. The third-order valence-corrected chi connectivity index (χ3v) is 7.16. The number of amides is 3. The zero-order valence-corrected chi connectivity index (χ0v) is 18.4. The van der Waals surface area contributed by atoms with Crippen molar-refractivity contribution in [1.82, 2.24) is 20.0 Å². The van der Waals surface area contributed by atoms with Crippen LogP contribution in [0.25, 0.3) is 0 Å². The number of ether oxygens (including phenoxy) is 1. The number of rotatable bonds is 2. The summed E-state index contributed by atoms with van der Waals surface area (Å²) in [4.78, 5) is 31.5. The molecule has 1 aliphatic carbocycles. The summed E-state index contributed by atoms with van der Waals surface area (Å²) in [6.45, 7) is 9.41. The van der Waals surface area contributed by atoms with Crippen molar-refractivity contribution in [1.29, 1.82) is 0 Å². The molecule has 164 valence electrons. The normalized spacial score (nSPS) is 30.2. The number of hydrogen-bond donors (Lipinski definition) is 1. The summed E-state index contributed by atoms with van der Waals surface area (Å²) in [5.74, 6) is 0. The minimum Gasteiger partial charge on any atom is -0.444 e. The van der Waals surface area contributed by atoms with Crippen LogP contribution in [0.1, 0.15) is 72.1 Å². The summed E-state index contributed by atoms with van der Waals surface area (Å²) in [6, 6.07) is 1.91. The first-order valence-electron chi connectivity index (χ1n) is 11.6. The number of urea groups is 1. The topological polar surface area (TPSA) is 65.1 Å². The quantitative estimate of drug-likeness (QED) is 0.765. The molecule has 0 aromatic rings. The second-order valence-corrected chi connectivity index (χ2v) is 10.3. The van der Waals surface area contributed by atoms with Gasteiger partial charge in [0.05, 0.1) is 12.1 Å². The Labute approximate surface area is 175 Å². The van der Waals surface area contributed by atoms with Gasteiger partial charge in [0.25, 0.3) is 0 Å². The van der Waals surface area contributed by atoms with Gasteiger partial charge in [-0.05, 0) is 59.3 Å². The molecule has 0 bridgehead atoms. The average molecular weight is 407 g/mol. The lowest BCUT2D eigenvalue weighted by Crippen LogP contribution is -2.54. The third-order valence-electron chi connectivity index (χ3n) is 7.16. The molecule has 1 unspecified atom stereocenters. The van der Waals surface area contributed by atoms with E-state index in [0.29, 0.717) is 24.2 Å². The summed E-state index contributed by atoms with van der Waals surface area (Å²) < 4.78 is 5.51. The molecule has 7 heteroatoms. The maximum atomic E-state index is 12.6. The van der Waals surface area contributed by atoms with Crippen LogP contribution in [0.2, 0.25) is 0 Å². The number of nitrogens with zero attached hydrogens (tertiary/aromatic N) is 3. The number of nitrogens with one attached hydrogen (secondary N) is 1. The molecule has 3 heterocycles. The number of likely N-dealkylation sites (tertiary alicyclic amines) is 2. The van der Waals surface area contributed by atoms with Gasteiger partial charge >= 0.3 is 12.1 Å². The fourth-order valence-electron chi connectivity index (χ4n) is 5.70. The van der Waals surface area contributed by atoms with Crippen molar-refractivity contribution in [2.75, 3.05) is 26.2 Å². The molecule has 1 saturated carbocycles.